The average Bonchev–Trinajstić information content (AvgIpc) is 2.45. The maximum absolute atomic E-state index is 5.30. The Morgan fingerprint density at radius 3 is 2.36 bits per heavy atom. The summed E-state index contributed by atoms with van der Waals surface area (Å²) in [6.07, 6.45) is 0. The normalized spacial score (nSPS) is 10.5. The molecule has 1 aromatic heterocycles. The van der Waals surface area contributed by atoms with Crippen LogP contribution in [0.2, 0.25) is 0 Å². The number of aryl methyl sites for hydroxylation is 1. The van der Waals surface area contributed by atoms with Crippen molar-refractivity contribution in [3.63, 3.8) is 0 Å². The topological polar surface area (TPSA) is 68.3 Å². The molecule has 2 aromatic rings. The van der Waals surface area contributed by atoms with Crippen LogP contribution in [-0.2, 0) is 0 Å². The van der Waals surface area contributed by atoms with Gasteiger partial charge in [-0.2, -0.15) is 4.98 Å². The van der Waals surface area contributed by atoms with Gasteiger partial charge in [-0.25, -0.2) is 4.98 Å². The molecule has 2 N–H and O–H groups in total. The van der Waals surface area contributed by atoms with E-state index in [2.05, 4.69) is 20.6 Å². The van der Waals surface area contributed by atoms with Crippen molar-refractivity contribution in [3.05, 3.63) is 30.0 Å². The summed E-state index contributed by atoms with van der Waals surface area (Å²) in [6, 6.07) is 7.79. The fourth-order valence-electron chi connectivity index (χ4n) is 2.02. The summed E-state index contributed by atoms with van der Waals surface area (Å²) < 4.78 is 10.5. The highest BCUT2D eigenvalue weighted by molar-refractivity contribution is 5.62. The molecule has 0 radical (unpaired) electrons. The second-order valence-corrected chi connectivity index (χ2v) is 5.21. The number of hydrogen-bond acceptors (Lipinski definition) is 6. The lowest BCUT2D eigenvalue weighted by molar-refractivity contribution is 0.355. The van der Waals surface area contributed by atoms with Gasteiger partial charge in [-0.3, -0.25) is 0 Å². The molecule has 6 nitrogen and oxygen atoms in total. The third kappa shape index (κ3) is 4.00. The number of anilines is 3. The summed E-state index contributed by atoms with van der Waals surface area (Å²) in [5, 5.41) is 6.46. The lowest BCUT2D eigenvalue weighted by Gasteiger charge is -2.13. The van der Waals surface area contributed by atoms with E-state index in [0.717, 1.165) is 17.2 Å². The predicted molar refractivity (Wildman–Crippen MR) is 88.4 cm³/mol. The van der Waals surface area contributed by atoms with Crippen LogP contribution < -0.4 is 20.1 Å². The molecule has 1 aromatic carbocycles. The molecule has 0 amide bonds. The van der Waals surface area contributed by atoms with Crippen molar-refractivity contribution in [3.8, 4) is 11.5 Å². The molecule has 0 saturated carbocycles. The fraction of sp³-hybridized carbons (Fsp3) is 0.375. The molecule has 0 aliphatic heterocycles. The Bertz CT molecular complexity index is 644. The van der Waals surface area contributed by atoms with Gasteiger partial charge in [-0.05, 0) is 32.9 Å². The quantitative estimate of drug-likeness (QED) is 0.852. The van der Waals surface area contributed by atoms with Gasteiger partial charge in [-0.1, -0.05) is 0 Å². The number of methoxy groups -OCH3 is 2. The lowest BCUT2D eigenvalue weighted by Crippen LogP contribution is -2.13. The summed E-state index contributed by atoms with van der Waals surface area (Å²) in [5.74, 6) is 2.69. The number of nitrogens with zero attached hydrogens (tertiary/aromatic N) is 2. The van der Waals surface area contributed by atoms with Gasteiger partial charge in [0.05, 0.1) is 14.2 Å². The van der Waals surface area contributed by atoms with Crippen LogP contribution in [0.4, 0.5) is 17.5 Å². The van der Waals surface area contributed by atoms with Gasteiger partial charge in [0, 0.05) is 29.6 Å². The molecule has 0 bridgehead atoms. The van der Waals surface area contributed by atoms with Crippen molar-refractivity contribution in [2.75, 3.05) is 24.9 Å². The van der Waals surface area contributed by atoms with Crippen LogP contribution in [0.5, 0.6) is 11.5 Å². The molecule has 0 unspecified atom stereocenters. The minimum absolute atomic E-state index is 0.274. The zero-order valence-electron chi connectivity index (χ0n) is 13.6. The minimum Gasteiger partial charge on any atom is -0.493 e. The molecule has 118 valence electrons. The van der Waals surface area contributed by atoms with E-state index in [1.54, 1.807) is 14.2 Å². The molecule has 2 rings (SSSR count). The molecule has 22 heavy (non-hydrogen) atoms. The molecule has 0 spiro atoms. The molecule has 1 heterocycles. The summed E-state index contributed by atoms with van der Waals surface area (Å²) in [7, 11) is 3.23. The standard InChI is InChI=1S/C16H22N4O2/c1-10(2)17-16-18-11(3)8-15(20-16)19-12-6-7-13(21-4)14(9-12)22-5/h6-10H,1-5H3,(H2,17,18,19,20). The smallest absolute Gasteiger partial charge is 0.225 e. The molecule has 0 fully saturated rings. The largest absolute Gasteiger partial charge is 0.493 e. The van der Waals surface area contributed by atoms with Gasteiger partial charge in [0.25, 0.3) is 0 Å². The van der Waals surface area contributed by atoms with E-state index in [4.69, 9.17) is 9.47 Å². The molecular weight excluding hydrogens is 280 g/mol. The van der Waals surface area contributed by atoms with Crippen LogP contribution in [-0.4, -0.2) is 30.2 Å². The first-order valence-corrected chi connectivity index (χ1v) is 7.13. The zero-order valence-corrected chi connectivity index (χ0v) is 13.6. The van der Waals surface area contributed by atoms with Crippen LogP contribution in [0.15, 0.2) is 24.3 Å². The highest BCUT2D eigenvalue weighted by atomic mass is 16.5. The number of aromatic nitrogens is 2. The van der Waals surface area contributed by atoms with Crippen molar-refractivity contribution in [2.24, 2.45) is 0 Å². The van der Waals surface area contributed by atoms with Crippen LogP contribution in [0.3, 0.4) is 0 Å². The highest BCUT2D eigenvalue weighted by Gasteiger charge is 2.07. The number of benzene rings is 1. The maximum atomic E-state index is 5.30. The van der Waals surface area contributed by atoms with E-state index in [0.29, 0.717) is 17.4 Å². The fourth-order valence-corrected chi connectivity index (χ4v) is 2.02. The number of nitrogens with one attached hydrogen (secondary N) is 2. The van der Waals surface area contributed by atoms with E-state index in [9.17, 15) is 0 Å². The molecule has 0 saturated heterocycles. The first-order chi connectivity index (χ1) is 10.5. The second kappa shape index (κ2) is 6.98. The van der Waals surface area contributed by atoms with Gasteiger partial charge in [-0.15, -0.1) is 0 Å². The third-order valence-corrected chi connectivity index (χ3v) is 2.93. The third-order valence-electron chi connectivity index (χ3n) is 2.93. The van der Waals surface area contributed by atoms with E-state index in [-0.39, 0.29) is 6.04 Å². The van der Waals surface area contributed by atoms with Crippen LogP contribution in [0.25, 0.3) is 0 Å². The van der Waals surface area contributed by atoms with Gasteiger partial charge < -0.3 is 20.1 Å². The van der Waals surface area contributed by atoms with Crippen molar-refractivity contribution >= 4 is 17.5 Å². The Morgan fingerprint density at radius 1 is 1.00 bits per heavy atom. The van der Waals surface area contributed by atoms with Crippen molar-refractivity contribution in [1.29, 1.82) is 0 Å². The second-order valence-electron chi connectivity index (χ2n) is 5.21. The van der Waals surface area contributed by atoms with Crippen molar-refractivity contribution in [2.45, 2.75) is 26.8 Å². The van der Waals surface area contributed by atoms with Gasteiger partial charge in [0.15, 0.2) is 11.5 Å². The van der Waals surface area contributed by atoms with E-state index in [1.165, 1.54) is 0 Å². The van der Waals surface area contributed by atoms with Crippen molar-refractivity contribution < 1.29 is 9.47 Å². The summed E-state index contributed by atoms with van der Waals surface area (Å²) in [4.78, 5) is 8.83. The summed E-state index contributed by atoms with van der Waals surface area (Å²) >= 11 is 0. The Labute approximate surface area is 130 Å². The predicted octanol–water partition coefficient (Wildman–Crippen LogP) is 3.37. The summed E-state index contributed by atoms with van der Waals surface area (Å²) in [5.41, 5.74) is 1.76. The molecule has 0 aliphatic carbocycles. The lowest BCUT2D eigenvalue weighted by atomic mass is 10.2. The molecular formula is C16H22N4O2. The van der Waals surface area contributed by atoms with Gasteiger partial charge in [0.2, 0.25) is 5.95 Å². The van der Waals surface area contributed by atoms with Gasteiger partial charge in [0.1, 0.15) is 5.82 Å². The van der Waals surface area contributed by atoms with Crippen LogP contribution in [0, 0.1) is 6.92 Å². The van der Waals surface area contributed by atoms with Crippen LogP contribution >= 0.6 is 0 Å². The Balaban J connectivity index is 2.25. The first-order valence-electron chi connectivity index (χ1n) is 7.13. The van der Waals surface area contributed by atoms with E-state index < -0.39 is 0 Å². The Morgan fingerprint density at radius 2 is 1.73 bits per heavy atom. The average molecular weight is 302 g/mol. The maximum Gasteiger partial charge on any atom is 0.225 e. The zero-order chi connectivity index (χ0) is 16.1. The Kier molecular flexibility index (Phi) is 5.04. The van der Waals surface area contributed by atoms with E-state index >= 15 is 0 Å². The molecule has 0 aliphatic rings. The highest BCUT2D eigenvalue weighted by Crippen LogP contribution is 2.31. The van der Waals surface area contributed by atoms with Crippen molar-refractivity contribution in [1.82, 2.24) is 9.97 Å². The van der Waals surface area contributed by atoms with Crippen LogP contribution in [0.1, 0.15) is 19.5 Å². The monoisotopic (exact) mass is 302 g/mol. The SMILES string of the molecule is COc1ccc(Nc2cc(C)nc(NC(C)C)n2)cc1OC. The number of hydrogen-bond donors (Lipinski definition) is 2. The minimum atomic E-state index is 0.274. The Hall–Kier alpha value is -2.50. The number of rotatable bonds is 6. The number of ether oxygens (including phenoxy) is 2. The van der Waals surface area contributed by atoms with Gasteiger partial charge >= 0.3 is 0 Å². The molecule has 0 atom stereocenters. The summed E-state index contributed by atoms with van der Waals surface area (Å²) in [6.45, 7) is 6.03. The molecule has 6 heteroatoms. The van der Waals surface area contributed by atoms with E-state index in [1.807, 2.05) is 45.0 Å². The first kappa shape index (κ1) is 15.9.